The molecule has 0 bridgehead atoms. The molecule has 0 unspecified atom stereocenters. The fraction of sp³-hybridized carbons (Fsp3) is 0.400. The van der Waals surface area contributed by atoms with E-state index in [1.807, 2.05) is 30.3 Å². The third-order valence-corrected chi connectivity index (χ3v) is 6.73. The van der Waals surface area contributed by atoms with Crippen molar-refractivity contribution in [3.63, 3.8) is 0 Å². The molecule has 24 heavy (non-hydrogen) atoms. The molecule has 1 saturated heterocycles. The molecule has 0 N–H and O–H groups in total. The molecular formula is C15H16N2O5S2. The van der Waals surface area contributed by atoms with Crippen molar-refractivity contribution < 1.29 is 22.4 Å². The SMILES string of the molecule is O=C(CS[C@H]1CCS(=O)(=O)C1)OCc1nnc(-c2ccccc2)o1. The standard InChI is InChI=1S/C15H16N2O5S2/c18-14(9-23-12-6-7-24(19,20)10-12)21-8-13-16-17-15(22-13)11-4-2-1-3-5-11/h1-5,12H,6-10H2/t12-/m0/s1. The molecule has 0 saturated carbocycles. The third-order valence-electron chi connectivity index (χ3n) is 3.47. The van der Waals surface area contributed by atoms with E-state index >= 15 is 0 Å². The second kappa shape index (κ2) is 7.35. The summed E-state index contributed by atoms with van der Waals surface area (Å²) >= 11 is 1.31. The molecule has 2 aromatic rings. The van der Waals surface area contributed by atoms with Gasteiger partial charge in [0.1, 0.15) is 0 Å². The van der Waals surface area contributed by atoms with Crippen LogP contribution in [0.3, 0.4) is 0 Å². The highest BCUT2D eigenvalue weighted by Gasteiger charge is 2.28. The highest BCUT2D eigenvalue weighted by molar-refractivity contribution is 8.02. The van der Waals surface area contributed by atoms with Gasteiger partial charge in [-0.1, -0.05) is 18.2 Å². The Bertz CT molecular complexity index is 804. The van der Waals surface area contributed by atoms with Crippen LogP contribution in [0.5, 0.6) is 0 Å². The number of carbonyl (C=O) groups is 1. The lowest BCUT2D eigenvalue weighted by molar-refractivity contribution is -0.142. The Labute approximate surface area is 143 Å². The molecule has 0 radical (unpaired) electrons. The first-order valence-corrected chi connectivity index (χ1v) is 10.2. The van der Waals surface area contributed by atoms with E-state index in [1.54, 1.807) is 0 Å². The maximum absolute atomic E-state index is 11.7. The molecule has 1 aliphatic rings. The molecule has 1 atom stereocenters. The van der Waals surface area contributed by atoms with Gasteiger partial charge in [-0.25, -0.2) is 8.42 Å². The molecule has 7 nitrogen and oxygen atoms in total. The van der Waals surface area contributed by atoms with Crippen molar-refractivity contribution in [2.75, 3.05) is 17.3 Å². The molecule has 1 aromatic carbocycles. The number of benzene rings is 1. The Morgan fingerprint density at radius 1 is 1.29 bits per heavy atom. The summed E-state index contributed by atoms with van der Waals surface area (Å²) in [6.45, 7) is -0.0950. The van der Waals surface area contributed by atoms with Crippen LogP contribution in [0, 0.1) is 0 Å². The first-order chi connectivity index (χ1) is 11.5. The average Bonchev–Trinajstić information content (AvgIpc) is 3.18. The van der Waals surface area contributed by atoms with Crippen molar-refractivity contribution >= 4 is 27.6 Å². The van der Waals surface area contributed by atoms with E-state index in [-0.39, 0.29) is 35.0 Å². The number of nitrogens with zero attached hydrogens (tertiary/aromatic N) is 2. The molecule has 0 spiro atoms. The van der Waals surface area contributed by atoms with Gasteiger partial charge in [0, 0.05) is 10.8 Å². The lowest BCUT2D eigenvalue weighted by Crippen LogP contribution is -2.12. The Morgan fingerprint density at radius 3 is 2.79 bits per heavy atom. The second-order valence-corrected chi connectivity index (χ2v) is 8.88. The first kappa shape index (κ1) is 17.0. The van der Waals surface area contributed by atoms with Crippen LogP contribution in [-0.4, -0.2) is 47.1 Å². The molecule has 1 fully saturated rings. The number of ether oxygens (including phenoxy) is 1. The van der Waals surface area contributed by atoms with Crippen LogP contribution in [0.15, 0.2) is 34.7 Å². The van der Waals surface area contributed by atoms with Gasteiger partial charge in [0.05, 0.1) is 17.3 Å². The highest BCUT2D eigenvalue weighted by Crippen LogP contribution is 2.24. The second-order valence-electron chi connectivity index (χ2n) is 5.36. The Morgan fingerprint density at radius 2 is 2.08 bits per heavy atom. The van der Waals surface area contributed by atoms with Crippen LogP contribution in [0.4, 0.5) is 0 Å². The van der Waals surface area contributed by atoms with E-state index in [1.165, 1.54) is 11.8 Å². The molecule has 1 aliphatic heterocycles. The summed E-state index contributed by atoms with van der Waals surface area (Å²) in [4.78, 5) is 11.7. The van der Waals surface area contributed by atoms with Gasteiger partial charge >= 0.3 is 5.97 Å². The summed E-state index contributed by atoms with van der Waals surface area (Å²) in [6, 6.07) is 9.29. The number of rotatable bonds is 6. The van der Waals surface area contributed by atoms with Crippen molar-refractivity contribution in [1.29, 1.82) is 0 Å². The van der Waals surface area contributed by atoms with Crippen LogP contribution in [0.1, 0.15) is 12.3 Å². The number of hydrogen-bond acceptors (Lipinski definition) is 8. The van der Waals surface area contributed by atoms with E-state index in [2.05, 4.69) is 10.2 Å². The summed E-state index contributed by atoms with van der Waals surface area (Å²) in [7, 11) is -2.93. The predicted molar refractivity (Wildman–Crippen MR) is 89.0 cm³/mol. The molecular weight excluding hydrogens is 352 g/mol. The number of carbonyl (C=O) groups excluding carboxylic acids is 1. The van der Waals surface area contributed by atoms with Crippen molar-refractivity contribution in [3.8, 4) is 11.5 Å². The summed E-state index contributed by atoms with van der Waals surface area (Å²) in [5, 5.41) is 7.72. The minimum absolute atomic E-state index is 0.0318. The van der Waals surface area contributed by atoms with Crippen LogP contribution in [0.2, 0.25) is 0 Å². The highest BCUT2D eigenvalue weighted by atomic mass is 32.2. The maximum Gasteiger partial charge on any atom is 0.316 e. The molecule has 128 valence electrons. The van der Waals surface area contributed by atoms with Gasteiger partial charge in [0.25, 0.3) is 5.89 Å². The number of sulfone groups is 1. The van der Waals surface area contributed by atoms with Gasteiger partial charge in [0.2, 0.25) is 5.89 Å². The topological polar surface area (TPSA) is 99.4 Å². The van der Waals surface area contributed by atoms with E-state index < -0.39 is 15.8 Å². The summed E-state index contributed by atoms with van der Waals surface area (Å²) < 4.78 is 33.2. The Hall–Kier alpha value is -1.87. The molecule has 0 aliphatic carbocycles. The Kier molecular flexibility index (Phi) is 5.20. The number of hydrogen-bond donors (Lipinski definition) is 0. The number of esters is 1. The number of aromatic nitrogens is 2. The maximum atomic E-state index is 11.7. The lowest BCUT2D eigenvalue weighted by Gasteiger charge is -2.06. The average molecular weight is 368 g/mol. The van der Waals surface area contributed by atoms with E-state index in [0.29, 0.717) is 12.3 Å². The fourth-order valence-electron chi connectivity index (χ4n) is 2.27. The largest absolute Gasteiger partial charge is 0.455 e. The summed E-state index contributed by atoms with van der Waals surface area (Å²) in [5.41, 5.74) is 0.792. The zero-order valence-corrected chi connectivity index (χ0v) is 14.4. The molecule has 2 heterocycles. The van der Waals surface area contributed by atoms with Crippen LogP contribution in [-0.2, 0) is 26.0 Å². The summed E-state index contributed by atoms with van der Waals surface area (Å²) in [5.74, 6) is 0.602. The van der Waals surface area contributed by atoms with Gasteiger partial charge in [-0.3, -0.25) is 4.79 Å². The van der Waals surface area contributed by atoms with Gasteiger partial charge in [0.15, 0.2) is 16.4 Å². The predicted octanol–water partition coefficient (Wildman–Crippen LogP) is 1.70. The van der Waals surface area contributed by atoms with Crippen LogP contribution < -0.4 is 0 Å². The minimum Gasteiger partial charge on any atom is -0.455 e. The van der Waals surface area contributed by atoms with Gasteiger partial charge in [-0.05, 0) is 18.6 Å². The van der Waals surface area contributed by atoms with Crippen LogP contribution in [0.25, 0.3) is 11.5 Å². The molecule has 0 amide bonds. The zero-order chi connectivity index (χ0) is 17.0. The first-order valence-electron chi connectivity index (χ1n) is 7.37. The Balaban J connectivity index is 1.44. The molecule has 1 aromatic heterocycles. The van der Waals surface area contributed by atoms with Crippen molar-refractivity contribution in [3.05, 3.63) is 36.2 Å². The monoisotopic (exact) mass is 368 g/mol. The van der Waals surface area contributed by atoms with Gasteiger partial charge in [-0.15, -0.1) is 22.0 Å². The minimum atomic E-state index is -2.93. The van der Waals surface area contributed by atoms with Crippen molar-refractivity contribution in [2.45, 2.75) is 18.3 Å². The normalized spacial score (nSPS) is 19.2. The third kappa shape index (κ3) is 4.57. The fourth-order valence-corrected chi connectivity index (χ4v) is 5.71. The van der Waals surface area contributed by atoms with E-state index in [0.717, 1.165) is 5.56 Å². The smallest absolute Gasteiger partial charge is 0.316 e. The van der Waals surface area contributed by atoms with E-state index in [4.69, 9.17) is 9.15 Å². The van der Waals surface area contributed by atoms with Gasteiger partial charge < -0.3 is 9.15 Å². The molecule has 9 heteroatoms. The van der Waals surface area contributed by atoms with Crippen molar-refractivity contribution in [1.82, 2.24) is 10.2 Å². The lowest BCUT2D eigenvalue weighted by atomic mass is 10.2. The molecule has 3 rings (SSSR count). The quantitative estimate of drug-likeness (QED) is 0.711. The van der Waals surface area contributed by atoms with Crippen LogP contribution >= 0.6 is 11.8 Å². The van der Waals surface area contributed by atoms with Gasteiger partial charge in [-0.2, -0.15) is 0 Å². The van der Waals surface area contributed by atoms with E-state index in [9.17, 15) is 13.2 Å². The summed E-state index contributed by atoms with van der Waals surface area (Å²) in [6.07, 6.45) is 0.588. The zero-order valence-electron chi connectivity index (χ0n) is 12.8. The number of thioether (sulfide) groups is 1. The van der Waals surface area contributed by atoms with Crippen molar-refractivity contribution in [2.24, 2.45) is 0 Å².